The number of hydrogen-bond acceptors (Lipinski definition) is 3. The molecule has 0 radical (unpaired) electrons. The topological polar surface area (TPSA) is 37.2 Å². The maximum absolute atomic E-state index is 6.00. The van der Waals surface area contributed by atoms with Crippen LogP contribution in [0.3, 0.4) is 0 Å². The molecule has 5 heteroatoms. The van der Waals surface area contributed by atoms with E-state index in [9.17, 15) is 0 Å². The molecule has 0 aromatic rings. The normalized spacial score (nSPS) is 18.7. The van der Waals surface area contributed by atoms with Crippen LogP contribution in [0, 0.1) is 0 Å². The van der Waals surface area contributed by atoms with Crippen LogP contribution >= 0.6 is 11.6 Å². The van der Waals surface area contributed by atoms with Gasteiger partial charge in [0, 0.05) is 18.7 Å². The van der Waals surface area contributed by atoms with Gasteiger partial charge < -0.3 is 4.74 Å². The van der Waals surface area contributed by atoms with E-state index in [2.05, 4.69) is 16.9 Å². The molecule has 1 rings (SSSR count). The van der Waals surface area contributed by atoms with Gasteiger partial charge in [0.05, 0.1) is 6.34 Å². The van der Waals surface area contributed by atoms with Gasteiger partial charge in [-0.15, -0.1) is 0 Å². The zero-order valence-corrected chi connectivity index (χ0v) is 15.7. The molecule has 0 spiro atoms. The minimum absolute atomic E-state index is 0.0130. The number of rotatable bonds is 5. The second kappa shape index (κ2) is 14.1. The van der Waals surface area contributed by atoms with Gasteiger partial charge in [-0.2, -0.15) is 0 Å². The van der Waals surface area contributed by atoms with Gasteiger partial charge in [0.15, 0.2) is 5.84 Å². The molecule has 124 valence electrons. The van der Waals surface area contributed by atoms with Crippen molar-refractivity contribution in [1.82, 2.24) is 4.90 Å². The van der Waals surface area contributed by atoms with E-state index < -0.39 is 0 Å². The van der Waals surface area contributed by atoms with Crippen LogP contribution in [0.5, 0.6) is 0 Å². The highest BCUT2D eigenvalue weighted by Gasteiger charge is 2.27. The van der Waals surface area contributed by atoms with Crippen LogP contribution in [-0.2, 0) is 4.74 Å². The maximum atomic E-state index is 6.00. The van der Waals surface area contributed by atoms with Crippen molar-refractivity contribution >= 4 is 23.8 Å². The van der Waals surface area contributed by atoms with E-state index in [-0.39, 0.29) is 6.23 Å². The maximum Gasteiger partial charge on any atom is 0.158 e. The van der Waals surface area contributed by atoms with Crippen LogP contribution in [-0.4, -0.2) is 37.0 Å². The molecular formula is C16H32ClN3O. The van der Waals surface area contributed by atoms with E-state index in [1.165, 1.54) is 0 Å². The third-order valence-electron chi connectivity index (χ3n) is 2.51. The lowest BCUT2D eigenvalue weighted by molar-refractivity contribution is 0.00425. The average molecular weight is 318 g/mol. The third kappa shape index (κ3) is 7.09. The molecule has 1 aliphatic heterocycles. The summed E-state index contributed by atoms with van der Waals surface area (Å²) in [6.07, 6.45) is 3.72. The zero-order chi connectivity index (χ0) is 16.8. The summed E-state index contributed by atoms with van der Waals surface area (Å²) in [5.74, 6) is 0.782. The van der Waals surface area contributed by atoms with Crippen molar-refractivity contribution in [2.75, 3.05) is 13.7 Å². The van der Waals surface area contributed by atoms with Crippen molar-refractivity contribution in [3.63, 3.8) is 0 Å². The first kappa shape index (κ1) is 22.4. The molecule has 0 amide bonds. The highest BCUT2D eigenvalue weighted by Crippen LogP contribution is 2.22. The van der Waals surface area contributed by atoms with E-state index in [0.717, 1.165) is 24.4 Å². The summed E-state index contributed by atoms with van der Waals surface area (Å²) in [4.78, 5) is 10.5. The molecule has 4 nitrogen and oxygen atoms in total. The second-order valence-electron chi connectivity index (χ2n) is 3.78. The van der Waals surface area contributed by atoms with E-state index in [0.29, 0.717) is 11.6 Å². The number of hydrogen-bond donors (Lipinski definition) is 0. The van der Waals surface area contributed by atoms with Gasteiger partial charge in [-0.3, -0.25) is 9.89 Å². The number of nitrogens with zero attached hydrogens (tertiary/aromatic N) is 3. The summed E-state index contributed by atoms with van der Waals surface area (Å²) < 4.78 is 5.71. The molecule has 1 aliphatic rings. The predicted molar refractivity (Wildman–Crippen MR) is 95.3 cm³/mol. The fraction of sp³-hybridized carbons (Fsp3) is 0.750. The van der Waals surface area contributed by atoms with Gasteiger partial charge in [-0.25, -0.2) is 4.99 Å². The Morgan fingerprint density at radius 1 is 1.33 bits per heavy atom. The molecule has 1 atom stereocenters. The number of amidine groups is 1. The van der Waals surface area contributed by atoms with E-state index in [1.54, 1.807) is 13.4 Å². The summed E-state index contributed by atoms with van der Waals surface area (Å²) in [6.45, 7) is 14.6. The summed E-state index contributed by atoms with van der Waals surface area (Å²) in [5.41, 5.74) is 0.731. The molecule has 21 heavy (non-hydrogen) atoms. The van der Waals surface area contributed by atoms with Gasteiger partial charge in [-0.05, 0) is 20.3 Å². The first-order valence-electron chi connectivity index (χ1n) is 7.93. The molecule has 0 saturated heterocycles. The van der Waals surface area contributed by atoms with Crippen molar-refractivity contribution in [2.45, 2.75) is 67.5 Å². The lowest BCUT2D eigenvalue weighted by atomic mass is 10.2. The minimum atomic E-state index is -0.0130. The monoisotopic (exact) mass is 317 g/mol. The summed E-state index contributed by atoms with van der Waals surface area (Å²) >= 11 is 6.00. The molecule has 0 bridgehead atoms. The smallest absolute Gasteiger partial charge is 0.158 e. The highest BCUT2D eigenvalue weighted by molar-refractivity contribution is 6.32. The number of ether oxygens (including phenoxy) is 1. The van der Waals surface area contributed by atoms with Gasteiger partial charge >= 0.3 is 0 Å². The molecule has 1 unspecified atom stereocenters. The Morgan fingerprint density at radius 3 is 2.29 bits per heavy atom. The van der Waals surface area contributed by atoms with Crippen molar-refractivity contribution in [1.29, 1.82) is 0 Å². The van der Waals surface area contributed by atoms with Crippen LogP contribution in [0.1, 0.15) is 61.3 Å². The molecule has 0 N–H and O–H groups in total. The summed E-state index contributed by atoms with van der Waals surface area (Å²) in [6, 6.07) is 0. The van der Waals surface area contributed by atoms with Gasteiger partial charge in [0.25, 0.3) is 0 Å². The Balaban J connectivity index is 0. The second-order valence-corrected chi connectivity index (χ2v) is 4.35. The van der Waals surface area contributed by atoms with Gasteiger partial charge in [-0.1, -0.05) is 52.6 Å². The van der Waals surface area contributed by atoms with E-state index in [4.69, 9.17) is 16.3 Å². The Labute approximate surface area is 135 Å². The number of allylic oxidation sites excluding steroid dienone is 1. The molecular weight excluding hydrogens is 286 g/mol. The zero-order valence-electron chi connectivity index (χ0n) is 14.9. The summed E-state index contributed by atoms with van der Waals surface area (Å²) in [7, 11) is 1.74. The Morgan fingerprint density at radius 2 is 1.90 bits per heavy atom. The SMILES string of the molecule is CC.CC.CCCC(OCC)N1C=N/C(=C(/C)Cl)C1=NC. The Bertz CT molecular complexity index is 341. The molecule has 0 aliphatic carbocycles. The number of halogens is 1. The first-order chi connectivity index (χ1) is 10.2. The van der Waals surface area contributed by atoms with E-state index >= 15 is 0 Å². The Hall–Kier alpha value is -0.870. The van der Waals surface area contributed by atoms with Crippen LogP contribution in [0.25, 0.3) is 0 Å². The van der Waals surface area contributed by atoms with Crippen molar-refractivity contribution in [3.05, 3.63) is 10.7 Å². The van der Waals surface area contributed by atoms with Crippen LogP contribution in [0.4, 0.5) is 0 Å². The van der Waals surface area contributed by atoms with Crippen molar-refractivity contribution in [2.24, 2.45) is 9.98 Å². The fourth-order valence-corrected chi connectivity index (χ4v) is 1.91. The molecule has 0 aromatic heterocycles. The van der Waals surface area contributed by atoms with Crippen molar-refractivity contribution < 1.29 is 4.74 Å². The van der Waals surface area contributed by atoms with Crippen LogP contribution < -0.4 is 0 Å². The third-order valence-corrected chi connectivity index (χ3v) is 2.69. The standard InChI is InChI=1S/C12H20ClN3O.2C2H6/c1-5-7-10(17-6-2)16-8-15-11(9(3)13)12(16)14-4;2*1-2/h8,10H,5-7H2,1-4H3;2*1-2H3/b11-9-,14-12?;;. The average Bonchev–Trinajstić information content (AvgIpc) is 2.95. The van der Waals surface area contributed by atoms with E-state index in [1.807, 2.05) is 46.4 Å². The van der Waals surface area contributed by atoms with Crippen LogP contribution in [0.15, 0.2) is 20.7 Å². The fourth-order valence-electron chi connectivity index (χ4n) is 1.77. The molecule has 0 aromatic carbocycles. The first-order valence-corrected chi connectivity index (χ1v) is 8.31. The predicted octanol–water partition coefficient (Wildman–Crippen LogP) is 5.04. The van der Waals surface area contributed by atoms with Crippen LogP contribution in [0.2, 0.25) is 0 Å². The lowest BCUT2D eigenvalue weighted by Gasteiger charge is -2.26. The number of aliphatic imine (C=N–C) groups is 2. The van der Waals surface area contributed by atoms with Gasteiger partial charge in [0.2, 0.25) is 0 Å². The minimum Gasteiger partial charge on any atom is -0.358 e. The molecule has 0 saturated carbocycles. The summed E-state index contributed by atoms with van der Waals surface area (Å²) in [5, 5.41) is 0.649. The van der Waals surface area contributed by atoms with Gasteiger partial charge in [0.1, 0.15) is 11.9 Å². The molecule has 1 heterocycles. The quantitative estimate of drug-likeness (QED) is 0.712. The van der Waals surface area contributed by atoms with Crippen molar-refractivity contribution in [3.8, 4) is 0 Å². The Kier molecular flexibility index (Phi) is 15.0. The molecule has 0 fully saturated rings. The highest BCUT2D eigenvalue weighted by atomic mass is 35.5. The largest absolute Gasteiger partial charge is 0.358 e. The lowest BCUT2D eigenvalue weighted by Crippen LogP contribution is -2.38.